The molecule has 0 fully saturated rings. The summed E-state index contributed by atoms with van der Waals surface area (Å²) in [5.41, 5.74) is 10.5. The molecule has 0 bridgehead atoms. The quantitative estimate of drug-likeness (QED) is 0.299. The van der Waals surface area contributed by atoms with Crippen molar-refractivity contribution in [3.05, 3.63) is 0 Å². The average molecular weight is 208 g/mol. The van der Waals surface area contributed by atoms with Crippen molar-refractivity contribution in [3.63, 3.8) is 0 Å². The van der Waals surface area contributed by atoms with Crippen molar-refractivity contribution in [2.24, 2.45) is 11.5 Å². The molecule has 0 heterocycles. The lowest BCUT2D eigenvalue weighted by Crippen LogP contribution is -2.05. The van der Waals surface area contributed by atoms with Crippen LogP contribution in [0.15, 0.2) is 0 Å². The summed E-state index contributed by atoms with van der Waals surface area (Å²) < 4.78 is 3.08. The summed E-state index contributed by atoms with van der Waals surface area (Å²) in [4.78, 5) is 18.4. The molecule has 7 nitrogen and oxygen atoms in total. The van der Waals surface area contributed by atoms with Crippen LogP contribution in [0.4, 0.5) is 9.59 Å². The van der Waals surface area contributed by atoms with Gasteiger partial charge in [0, 0.05) is 0 Å². The Labute approximate surface area is 81.6 Å². The first-order valence-corrected chi connectivity index (χ1v) is 4.08. The Hall–Kier alpha value is -1.34. The summed E-state index contributed by atoms with van der Waals surface area (Å²) in [6, 6.07) is 0. The molecule has 0 spiro atoms. The zero-order chi connectivity index (χ0) is 11.4. The molecular formula is C7H16N2O5. The highest BCUT2D eigenvalue weighted by molar-refractivity contribution is 5.74. The highest BCUT2D eigenvalue weighted by Crippen LogP contribution is 1.88. The average Bonchev–Trinajstić information content (AvgIpc) is 2.04. The van der Waals surface area contributed by atoms with Gasteiger partial charge in [0.2, 0.25) is 0 Å². The molecule has 0 aliphatic rings. The molecule has 14 heavy (non-hydrogen) atoms. The van der Waals surface area contributed by atoms with Crippen LogP contribution in [-0.2, 0) is 4.74 Å². The molecule has 0 saturated heterocycles. The second kappa shape index (κ2) is 11.7. The smallest absolute Gasteiger partial charge is 0.449 e. The van der Waals surface area contributed by atoms with Gasteiger partial charge in [0.05, 0.1) is 0 Å². The van der Waals surface area contributed by atoms with Gasteiger partial charge < -0.3 is 26.4 Å². The number of nitrogens with two attached hydrogens (primary N) is 2. The van der Waals surface area contributed by atoms with Crippen molar-refractivity contribution in [2.45, 2.75) is 19.3 Å². The van der Waals surface area contributed by atoms with E-state index < -0.39 is 12.3 Å². The van der Waals surface area contributed by atoms with Crippen LogP contribution in [0.3, 0.4) is 0 Å². The highest BCUT2D eigenvalue weighted by Gasteiger charge is 2.01. The van der Waals surface area contributed by atoms with E-state index in [1.165, 1.54) is 6.42 Å². The zero-order valence-electron chi connectivity index (χ0n) is 7.81. The molecule has 7 heteroatoms. The molecule has 0 radical (unpaired) electrons. The van der Waals surface area contributed by atoms with E-state index in [-0.39, 0.29) is 0 Å². The number of rotatable bonds is 4. The van der Waals surface area contributed by atoms with Gasteiger partial charge in [-0.15, -0.1) is 0 Å². The SMILES string of the molecule is NCCCCCN.O=C(O)OC(=O)O. The van der Waals surface area contributed by atoms with Gasteiger partial charge in [-0.2, -0.15) is 0 Å². The van der Waals surface area contributed by atoms with Gasteiger partial charge in [0.25, 0.3) is 0 Å². The highest BCUT2D eigenvalue weighted by atomic mass is 16.7. The summed E-state index contributed by atoms with van der Waals surface area (Å²) in [6.07, 6.45) is -0.193. The van der Waals surface area contributed by atoms with E-state index >= 15 is 0 Å². The Kier molecular flexibility index (Phi) is 12.6. The van der Waals surface area contributed by atoms with Gasteiger partial charge in [-0.1, -0.05) is 6.42 Å². The topological polar surface area (TPSA) is 136 Å². The third-order valence-corrected chi connectivity index (χ3v) is 1.08. The molecule has 0 aliphatic heterocycles. The third-order valence-electron chi connectivity index (χ3n) is 1.08. The molecule has 0 aromatic carbocycles. The molecule has 0 amide bonds. The normalized spacial score (nSPS) is 8.43. The summed E-state index contributed by atoms with van der Waals surface area (Å²) >= 11 is 0. The molecule has 0 atom stereocenters. The van der Waals surface area contributed by atoms with Gasteiger partial charge >= 0.3 is 12.3 Å². The minimum Gasteiger partial charge on any atom is -0.449 e. The Morgan fingerprint density at radius 3 is 1.43 bits per heavy atom. The van der Waals surface area contributed by atoms with Crippen LogP contribution < -0.4 is 11.5 Å². The van der Waals surface area contributed by atoms with Crippen molar-refractivity contribution in [1.82, 2.24) is 0 Å². The fraction of sp³-hybridized carbons (Fsp3) is 0.714. The van der Waals surface area contributed by atoms with Crippen molar-refractivity contribution in [1.29, 1.82) is 0 Å². The molecule has 0 rings (SSSR count). The second-order valence-electron chi connectivity index (χ2n) is 2.27. The lowest BCUT2D eigenvalue weighted by molar-refractivity contribution is 0.0802. The predicted molar refractivity (Wildman–Crippen MR) is 49.1 cm³/mol. The lowest BCUT2D eigenvalue weighted by Gasteiger charge is -1.91. The number of hydrogen-bond donors (Lipinski definition) is 4. The Bertz CT molecular complexity index is 146. The monoisotopic (exact) mass is 208 g/mol. The number of unbranched alkanes of at least 4 members (excludes halogenated alkanes) is 2. The number of ether oxygens (including phenoxy) is 1. The summed E-state index contributed by atoms with van der Waals surface area (Å²) in [6.45, 7) is 1.61. The van der Waals surface area contributed by atoms with E-state index in [9.17, 15) is 9.59 Å². The van der Waals surface area contributed by atoms with Crippen LogP contribution in [0.5, 0.6) is 0 Å². The van der Waals surface area contributed by atoms with E-state index in [1.54, 1.807) is 0 Å². The van der Waals surface area contributed by atoms with Crippen molar-refractivity contribution in [3.8, 4) is 0 Å². The fourth-order valence-corrected chi connectivity index (χ4v) is 0.540. The first-order valence-electron chi connectivity index (χ1n) is 4.08. The van der Waals surface area contributed by atoms with Crippen LogP contribution >= 0.6 is 0 Å². The first kappa shape index (κ1) is 15.1. The molecule has 0 aromatic rings. The molecule has 6 N–H and O–H groups in total. The van der Waals surface area contributed by atoms with Crippen LogP contribution in [0.2, 0.25) is 0 Å². The van der Waals surface area contributed by atoms with Crippen LogP contribution in [-0.4, -0.2) is 35.6 Å². The van der Waals surface area contributed by atoms with Crippen LogP contribution in [0.25, 0.3) is 0 Å². The second-order valence-corrected chi connectivity index (χ2v) is 2.27. The van der Waals surface area contributed by atoms with Crippen LogP contribution in [0.1, 0.15) is 19.3 Å². The summed E-state index contributed by atoms with van der Waals surface area (Å²) in [7, 11) is 0. The number of carboxylic acid groups (broad SMARTS) is 2. The summed E-state index contributed by atoms with van der Waals surface area (Å²) in [5.74, 6) is 0. The van der Waals surface area contributed by atoms with E-state index in [4.69, 9.17) is 21.7 Å². The Morgan fingerprint density at radius 2 is 1.29 bits per heavy atom. The van der Waals surface area contributed by atoms with Gasteiger partial charge in [0.15, 0.2) is 0 Å². The van der Waals surface area contributed by atoms with E-state index in [2.05, 4.69) is 4.74 Å². The number of hydrogen-bond acceptors (Lipinski definition) is 5. The fourth-order valence-electron chi connectivity index (χ4n) is 0.540. The molecular weight excluding hydrogens is 192 g/mol. The standard InChI is InChI=1S/C5H14N2.C2H2O5/c6-4-2-1-3-5-7;3-1(4)7-2(5)6/h1-7H2;(H,3,4)(H,5,6). The molecule has 0 saturated carbocycles. The number of carbonyl (C=O) groups is 2. The van der Waals surface area contributed by atoms with Crippen LogP contribution in [0, 0.1) is 0 Å². The van der Waals surface area contributed by atoms with Crippen molar-refractivity contribution >= 4 is 12.3 Å². The summed E-state index contributed by atoms with van der Waals surface area (Å²) in [5, 5.41) is 15.0. The Balaban J connectivity index is 0. The van der Waals surface area contributed by atoms with E-state index in [1.807, 2.05) is 0 Å². The first-order chi connectivity index (χ1) is 6.54. The maximum Gasteiger partial charge on any atom is 0.516 e. The maximum absolute atomic E-state index is 9.21. The van der Waals surface area contributed by atoms with Gasteiger partial charge in [-0.05, 0) is 25.9 Å². The van der Waals surface area contributed by atoms with Gasteiger partial charge in [0.1, 0.15) is 0 Å². The lowest BCUT2D eigenvalue weighted by atomic mass is 10.2. The van der Waals surface area contributed by atoms with E-state index in [0.717, 1.165) is 25.9 Å². The van der Waals surface area contributed by atoms with Gasteiger partial charge in [-0.25, -0.2) is 9.59 Å². The molecule has 84 valence electrons. The zero-order valence-corrected chi connectivity index (χ0v) is 7.81. The van der Waals surface area contributed by atoms with E-state index in [0.29, 0.717) is 0 Å². The van der Waals surface area contributed by atoms with Gasteiger partial charge in [-0.3, -0.25) is 0 Å². The minimum atomic E-state index is -1.81. The Morgan fingerprint density at radius 1 is 0.929 bits per heavy atom. The van der Waals surface area contributed by atoms with Crippen molar-refractivity contribution < 1.29 is 24.5 Å². The molecule has 0 unspecified atom stereocenters. The predicted octanol–water partition coefficient (Wildman–Crippen LogP) is 0.433. The third kappa shape index (κ3) is 22.4. The minimum absolute atomic E-state index is 0.806. The maximum atomic E-state index is 9.21. The largest absolute Gasteiger partial charge is 0.516 e. The molecule has 0 aliphatic carbocycles. The van der Waals surface area contributed by atoms with Crippen molar-refractivity contribution in [2.75, 3.05) is 13.1 Å². The molecule has 0 aromatic heterocycles.